The average molecular weight is 1110 g/mol. The molecule has 14 nitrogen and oxygen atoms in total. The Morgan fingerprint density at radius 2 is 1.08 bits per heavy atom. The van der Waals surface area contributed by atoms with E-state index >= 15 is 0 Å². The number of aliphatic hydroxyl groups excluding tert-OH is 4. The van der Waals surface area contributed by atoms with Crippen LogP contribution in [0.1, 0.15) is 53.6 Å². The highest BCUT2D eigenvalue weighted by Crippen LogP contribution is 2.49. The van der Waals surface area contributed by atoms with Crippen molar-refractivity contribution in [2.75, 3.05) is 40.1 Å². The van der Waals surface area contributed by atoms with Gasteiger partial charge in [0.2, 0.25) is 11.6 Å². The van der Waals surface area contributed by atoms with Crippen LogP contribution in [0.5, 0.6) is 11.5 Å². The van der Waals surface area contributed by atoms with Gasteiger partial charge in [-0.3, -0.25) is 0 Å². The van der Waals surface area contributed by atoms with Crippen LogP contribution in [0.3, 0.4) is 0 Å². The quantitative estimate of drug-likeness (QED) is 0.0638. The van der Waals surface area contributed by atoms with Crippen LogP contribution >= 0.6 is 23.2 Å². The van der Waals surface area contributed by atoms with Crippen LogP contribution in [0.25, 0.3) is 0 Å². The van der Waals surface area contributed by atoms with Gasteiger partial charge in [0, 0.05) is 57.9 Å². The lowest BCUT2D eigenvalue weighted by Gasteiger charge is -2.53. The molecule has 18 heteroatoms. The summed E-state index contributed by atoms with van der Waals surface area (Å²) in [7, 11) is -2.74. The minimum atomic E-state index is -2.10. The van der Waals surface area contributed by atoms with Crippen molar-refractivity contribution in [1.82, 2.24) is 0 Å². The Hall–Kier alpha value is -2.99. The summed E-state index contributed by atoms with van der Waals surface area (Å²) in [6.45, 7) is 19.8. The van der Waals surface area contributed by atoms with Crippen LogP contribution in [0.4, 0.5) is 0 Å². The van der Waals surface area contributed by atoms with E-state index in [0.717, 1.165) is 66.6 Å². The zero-order valence-electron chi connectivity index (χ0n) is 44.5. The molecule has 6 unspecified atom stereocenters. The maximum absolute atomic E-state index is 12.5. The second-order valence-corrected chi connectivity index (χ2v) is 33.0. The largest absolute Gasteiger partial charge is 0.490 e. The molecular weight excluding hydrogens is 1040 g/mol. The fourth-order valence-corrected chi connectivity index (χ4v) is 13.9. The number of rotatable bonds is 17. The van der Waals surface area contributed by atoms with E-state index in [-0.39, 0.29) is 30.3 Å². The zero-order chi connectivity index (χ0) is 53.8. The predicted octanol–water partition coefficient (Wildman–Crippen LogP) is 8.21. The Morgan fingerprint density at radius 3 is 1.52 bits per heavy atom. The molecule has 4 heterocycles. The first kappa shape index (κ1) is 56.7. The topological polar surface area (TPSA) is 184 Å². The van der Waals surface area contributed by atoms with E-state index in [2.05, 4.69) is 65.3 Å². The molecule has 410 valence electrons. The van der Waals surface area contributed by atoms with Crippen LogP contribution < -0.4 is 9.47 Å². The van der Waals surface area contributed by atoms with Gasteiger partial charge in [0.05, 0.1) is 45.2 Å². The molecule has 0 amide bonds. The number of hydrogen-bond acceptors (Lipinski definition) is 14. The maximum Gasteiger partial charge on any atom is 0.224 e. The van der Waals surface area contributed by atoms with Crippen molar-refractivity contribution in [3.63, 3.8) is 0 Å². The van der Waals surface area contributed by atoms with E-state index < -0.39 is 65.3 Å². The standard InChI is InChI=1S/C32H47ClO6Si2.C25H29ClO8/c1-9-28-20(2)29(38-40(3,4)5)31(39-41(6,7)8)32(34,37-28)23-12-15-27(33)22(17-23)16-21-10-13-24(14-11-21)36-30-25-18-35-19-26(25)30;1-31-25(24(30)22(29)21(28)20(10-27)34-25)15-4-7-19(26)14(9-15)8-13-2-5-16(6-3-13)33-23-17-11-32-12-18(17)23/h10-15,17,20,25-26,28-31,34H,9,16,18-19H2,1-8H3;2-7,9,17-18,20-24,27-30H,8,10-12H2,1H3/t20-,25?,26?,28-,29+,30?,31-,32?;17?,18?,20-,21-,22+,23?,24-,25?/m11/s1. The number of methoxy groups -OCH3 is 1. The van der Waals surface area contributed by atoms with Crippen molar-refractivity contribution in [2.45, 2.75) is 139 Å². The number of aliphatic hydroxyl groups is 5. The van der Waals surface area contributed by atoms with Crippen LogP contribution in [-0.2, 0) is 57.0 Å². The van der Waals surface area contributed by atoms with E-state index in [0.29, 0.717) is 57.7 Å². The fraction of sp³-hybridized carbons (Fsp3) is 0.579. The molecule has 75 heavy (non-hydrogen) atoms. The average Bonchev–Trinajstić information content (AvgIpc) is 3.96. The van der Waals surface area contributed by atoms with Gasteiger partial charge >= 0.3 is 0 Å². The molecule has 6 fully saturated rings. The SMILES string of the molecule is CC[C@H]1OC(O)(c2ccc(Cl)c(Cc3ccc(OC4C5COCC54)cc3)c2)[C@H](O[Si](C)(C)C)[C@@H](O[Si](C)(C)C)[C@@H]1C.COC1(c2ccc(Cl)c(Cc3ccc(OC4C5COCC54)cc3)c2)O[C@H](CO)[C@@H](O)[C@H](O)[C@H]1O. The first-order valence-electron chi connectivity index (χ1n) is 26.4. The molecule has 4 saturated heterocycles. The van der Waals surface area contributed by atoms with Gasteiger partial charge in [-0.2, -0.15) is 0 Å². The molecular formula is C57H76Cl2O14Si2. The summed E-state index contributed by atoms with van der Waals surface area (Å²) in [4.78, 5) is 0. The molecule has 2 saturated carbocycles. The van der Waals surface area contributed by atoms with Gasteiger partial charge in [0.1, 0.15) is 54.2 Å². The third kappa shape index (κ3) is 12.3. The Labute approximate surface area is 453 Å². The fourth-order valence-electron chi connectivity index (χ4n) is 11.3. The third-order valence-electron chi connectivity index (χ3n) is 15.6. The summed E-state index contributed by atoms with van der Waals surface area (Å²) in [5.74, 6) is 0.445. The molecule has 2 aliphatic carbocycles. The lowest BCUT2D eigenvalue weighted by Crippen LogP contribution is -2.64. The number of benzene rings is 4. The highest BCUT2D eigenvalue weighted by molar-refractivity contribution is 6.70. The monoisotopic (exact) mass is 1110 g/mol. The molecule has 5 N–H and O–H groups in total. The van der Waals surface area contributed by atoms with Crippen molar-refractivity contribution in [3.8, 4) is 11.5 Å². The van der Waals surface area contributed by atoms with E-state index in [1.807, 2.05) is 54.6 Å². The summed E-state index contributed by atoms with van der Waals surface area (Å²) in [6.07, 6.45) is -4.47. The number of ether oxygens (including phenoxy) is 7. The van der Waals surface area contributed by atoms with E-state index in [1.54, 1.807) is 18.2 Å². The van der Waals surface area contributed by atoms with Crippen molar-refractivity contribution in [2.24, 2.45) is 29.6 Å². The van der Waals surface area contributed by atoms with E-state index in [4.69, 9.17) is 65.2 Å². The van der Waals surface area contributed by atoms with Gasteiger partial charge in [0.25, 0.3) is 0 Å². The molecule has 0 radical (unpaired) electrons. The van der Waals surface area contributed by atoms with Crippen molar-refractivity contribution in [3.05, 3.63) is 128 Å². The van der Waals surface area contributed by atoms with Crippen LogP contribution in [0, 0.1) is 29.6 Å². The molecule has 14 atom stereocenters. The summed E-state index contributed by atoms with van der Waals surface area (Å²) in [6, 6.07) is 26.8. The lowest BCUT2D eigenvalue weighted by molar-refractivity contribution is -0.366. The Bertz CT molecular complexity index is 2560. The lowest BCUT2D eigenvalue weighted by atomic mass is 9.82. The van der Waals surface area contributed by atoms with Crippen LogP contribution in [0.2, 0.25) is 49.3 Å². The smallest absolute Gasteiger partial charge is 0.224 e. The van der Waals surface area contributed by atoms with Gasteiger partial charge < -0.3 is 67.5 Å². The number of fused-ring (bicyclic) bond motifs is 2. The molecule has 4 aromatic carbocycles. The van der Waals surface area contributed by atoms with Crippen LogP contribution in [0.15, 0.2) is 84.9 Å². The first-order chi connectivity index (χ1) is 35.6. The Kier molecular flexibility index (Phi) is 17.1. The zero-order valence-corrected chi connectivity index (χ0v) is 48.0. The maximum atomic E-state index is 12.5. The second-order valence-electron chi connectivity index (χ2n) is 23.3. The van der Waals surface area contributed by atoms with Crippen LogP contribution in [-0.4, -0.2) is 137 Å². The molecule has 0 bridgehead atoms. The minimum Gasteiger partial charge on any atom is -0.490 e. The molecule has 0 spiro atoms. The summed E-state index contributed by atoms with van der Waals surface area (Å²) in [5, 5.41) is 54.5. The van der Waals surface area contributed by atoms with Gasteiger partial charge in [0.15, 0.2) is 16.6 Å². The van der Waals surface area contributed by atoms with E-state index in [1.165, 1.54) is 7.11 Å². The van der Waals surface area contributed by atoms with Gasteiger partial charge in [-0.15, -0.1) is 0 Å². The number of hydrogen-bond donors (Lipinski definition) is 5. The van der Waals surface area contributed by atoms with E-state index in [9.17, 15) is 25.5 Å². The van der Waals surface area contributed by atoms with Crippen molar-refractivity contribution >= 4 is 39.8 Å². The normalized spacial score (nSPS) is 35.0. The molecule has 6 aliphatic rings. The summed E-state index contributed by atoms with van der Waals surface area (Å²) in [5.41, 5.74) is 4.86. The predicted molar refractivity (Wildman–Crippen MR) is 289 cm³/mol. The summed E-state index contributed by atoms with van der Waals surface area (Å²) >= 11 is 13.2. The molecule has 0 aromatic heterocycles. The summed E-state index contributed by atoms with van der Waals surface area (Å²) < 4.78 is 54.5. The van der Waals surface area contributed by atoms with Crippen molar-refractivity contribution in [1.29, 1.82) is 0 Å². The van der Waals surface area contributed by atoms with Crippen molar-refractivity contribution < 1.29 is 67.5 Å². The van der Waals surface area contributed by atoms with Gasteiger partial charge in [-0.25, -0.2) is 0 Å². The minimum absolute atomic E-state index is 0.0728. The number of halogens is 2. The second kappa shape index (κ2) is 22.6. The molecule has 4 aromatic rings. The highest BCUT2D eigenvalue weighted by atomic mass is 35.5. The Morgan fingerprint density at radius 1 is 0.613 bits per heavy atom. The highest BCUT2D eigenvalue weighted by Gasteiger charge is 2.59. The molecule has 4 aliphatic heterocycles. The first-order valence-corrected chi connectivity index (χ1v) is 34.0. The molecule has 10 rings (SSSR count). The third-order valence-corrected chi connectivity index (χ3v) is 18.3. The Balaban J connectivity index is 0.000000187. The van der Waals surface area contributed by atoms with Gasteiger partial charge in [-0.1, -0.05) is 73.4 Å². The van der Waals surface area contributed by atoms with Gasteiger partial charge in [-0.05, 0) is 129 Å².